The predicted molar refractivity (Wildman–Crippen MR) is 84.1 cm³/mol. The second-order valence-corrected chi connectivity index (χ2v) is 5.06. The van der Waals surface area contributed by atoms with E-state index >= 15 is 0 Å². The molecule has 0 fully saturated rings. The molecule has 0 bridgehead atoms. The van der Waals surface area contributed by atoms with Gasteiger partial charge in [-0.05, 0) is 18.6 Å². The summed E-state index contributed by atoms with van der Waals surface area (Å²) in [4.78, 5) is 15.9. The van der Waals surface area contributed by atoms with Gasteiger partial charge in [-0.2, -0.15) is 0 Å². The van der Waals surface area contributed by atoms with Crippen molar-refractivity contribution < 1.29 is 4.74 Å². The van der Waals surface area contributed by atoms with Gasteiger partial charge in [-0.3, -0.25) is 4.79 Å². The summed E-state index contributed by atoms with van der Waals surface area (Å²) >= 11 is 6.08. The van der Waals surface area contributed by atoms with Crippen LogP contribution in [0.5, 0.6) is 5.75 Å². The molecule has 0 amide bonds. The highest BCUT2D eigenvalue weighted by molar-refractivity contribution is 6.32. The van der Waals surface area contributed by atoms with Gasteiger partial charge >= 0.3 is 0 Å². The number of benzene rings is 1. The number of ether oxygens (including phenoxy) is 1. The third-order valence-electron chi connectivity index (χ3n) is 3.10. The largest absolute Gasteiger partial charge is 0.487 e. The third kappa shape index (κ3) is 3.98. The first-order chi connectivity index (χ1) is 10.1. The standard InChI is InChI=1S/C15H18ClN3O2/c1-3-11(21-13-7-5-4-6-12(13)16)10-18-14-15(20)19(2)9-8-17-14/h4-9,11H,3,10H2,1-2H3,(H,17,18)/t11-/m1/s1. The normalized spacial score (nSPS) is 12.0. The second kappa shape index (κ2) is 7.13. The minimum Gasteiger partial charge on any atom is -0.487 e. The van der Waals surface area contributed by atoms with Crippen molar-refractivity contribution in [2.24, 2.45) is 7.05 Å². The highest BCUT2D eigenvalue weighted by Gasteiger charge is 2.11. The van der Waals surface area contributed by atoms with E-state index in [1.54, 1.807) is 25.5 Å². The fourth-order valence-electron chi connectivity index (χ4n) is 1.82. The molecule has 0 radical (unpaired) electrons. The van der Waals surface area contributed by atoms with E-state index in [-0.39, 0.29) is 11.7 Å². The van der Waals surface area contributed by atoms with Crippen LogP contribution in [0.3, 0.4) is 0 Å². The van der Waals surface area contributed by atoms with Crippen LogP contribution in [0.4, 0.5) is 5.82 Å². The highest BCUT2D eigenvalue weighted by Crippen LogP contribution is 2.24. The van der Waals surface area contributed by atoms with E-state index in [2.05, 4.69) is 10.3 Å². The fourth-order valence-corrected chi connectivity index (χ4v) is 2.00. The summed E-state index contributed by atoms with van der Waals surface area (Å²) in [6.07, 6.45) is 3.88. The minimum absolute atomic E-state index is 0.100. The van der Waals surface area contributed by atoms with Crippen molar-refractivity contribution in [3.63, 3.8) is 0 Å². The number of anilines is 1. The molecule has 0 unspecified atom stereocenters. The molecule has 112 valence electrons. The van der Waals surface area contributed by atoms with Crippen molar-refractivity contribution in [3.05, 3.63) is 52.0 Å². The molecule has 1 aromatic heterocycles. The van der Waals surface area contributed by atoms with E-state index in [9.17, 15) is 4.79 Å². The van der Waals surface area contributed by atoms with Gasteiger partial charge in [-0.1, -0.05) is 30.7 Å². The van der Waals surface area contributed by atoms with Crippen molar-refractivity contribution in [1.29, 1.82) is 0 Å². The second-order valence-electron chi connectivity index (χ2n) is 4.65. The molecule has 1 heterocycles. The lowest BCUT2D eigenvalue weighted by molar-refractivity contribution is 0.210. The van der Waals surface area contributed by atoms with Gasteiger partial charge in [0.2, 0.25) is 0 Å². The van der Waals surface area contributed by atoms with Gasteiger partial charge in [-0.25, -0.2) is 4.98 Å². The summed E-state index contributed by atoms with van der Waals surface area (Å²) in [6, 6.07) is 7.33. The highest BCUT2D eigenvalue weighted by atomic mass is 35.5. The van der Waals surface area contributed by atoms with Crippen LogP contribution in [-0.2, 0) is 7.05 Å². The van der Waals surface area contributed by atoms with Gasteiger partial charge < -0.3 is 14.6 Å². The molecule has 2 rings (SSSR count). The lowest BCUT2D eigenvalue weighted by Gasteiger charge is -2.19. The molecule has 1 N–H and O–H groups in total. The SMILES string of the molecule is CC[C@H](CNc1nccn(C)c1=O)Oc1ccccc1Cl. The van der Waals surface area contributed by atoms with Gasteiger partial charge in [0.05, 0.1) is 11.6 Å². The van der Waals surface area contributed by atoms with Crippen LogP contribution in [-0.4, -0.2) is 22.2 Å². The molecule has 6 heteroatoms. The smallest absolute Gasteiger partial charge is 0.293 e. The predicted octanol–water partition coefficient (Wildman–Crippen LogP) is 2.70. The summed E-state index contributed by atoms with van der Waals surface area (Å²) in [5, 5.41) is 3.61. The van der Waals surface area contributed by atoms with Crippen molar-refractivity contribution >= 4 is 17.4 Å². The Hall–Kier alpha value is -2.01. The molecule has 0 aliphatic heterocycles. The quantitative estimate of drug-likeness (QED) is 0.891. The first-order valence-electron chi connectivity index (χ1n) is 6.78. The summed E-state index contributed by atoms with van der Waals surface area (Å²) in [6.45, 7) is 2.49. The lowest BCUT2D eigenvalue weighted by atomic mass is 10.2. The Bertz CT molecular complexity index is 657. The minimum atomic E-state index is -0.162. The van der Waals surface area contributed by atoms with E-state index < -0.39 is 0 Å². The van der Waals surface area contributed by atoms with Crippen LogP contribution >= 0.6 is 11.6 Å². The molecule has 0 spiro atoms. The third-order valence-corrected chi connectivity index (χ3v) is 3.41. The molecule has 1 atom stereocenters. The number of nitrogens with one attached hydrogen (secondary N) is 1. The number of aromatic nitrogens is 2. The molecule has 0 saturated heterocycles. The molecule has 0 saturated carbocycles. The van der Waals surface area contributed by atoms with Crippen LogP contribution < -0.4 is 15.6 Å². The summed E-state index contributed by atoms with van der Waals surface area (Å²) in [5.74, 6) is 0.961. The van der Waals surface area contributed by atoms with Crippen molar-refractivity contribution in [3.8, 4) is 5.75 Å². The molecular formula is C15H18ClN3O2. The van der Waals surface area contributed by atoms with Gasteiger partial charge in [0.15, 0.2) is 5.82 Å². The Morgan fingerprint density at radius 1 is 1.43 bits per heavy atom. The Kier molecular flexibility index (Phi) is 5.22. The summed E-state index contributed by atoms with van der Waals surface area (Å²) < 4.78 is 7.33. The van der Waals surface area contributed by atoms with Gasteiger partial charge in [0, 0.05) is 19.4 Å². The van der Waals surface area contributed by atoms with Crippen LogP contribution in [0.25, 0.3) is 0 Å². The zero-order valence-corrected chi connectivity index (χ0v) is 12.8. The molecular weight excluding hydrogens is 290 g/mol. The van der Waals surface area contributed by atoms with Crippen LogP contribution in [0.2, 0.25) is 5.02 Å². The number of halogens is 1. The topological polar surface area (TPSA) is 56.2 Å². The van der Waals surface area contributed by atoms with E-state index in [1.165, 1.54) is 4.57 Å². The average molecular weight is 308 g/mol. The average Bonchev–Trinajstić information content (AvgIpc) is 2.49. The van der Waals surface area contributed by atoms with Gasteiger partial charge in [0.1, 0.15) is 11.9 Å². The maximum Gasteiger partial charge on any atom is 0.293 e. The molecule has 1 aromatic carbocycles. The Morgan fingerprint density at radius 2 is 2.19 bits per heavy atom. The Morgan fingerprint density at radius 3 is 2.90 bits per heavy atom. The summed E-state index contributed by atoms with van der Waals surface area (Å²) in [7, 11) is 1.69. The molecule has 0 aliphatic rings. The molecule has 2 aromatic rings. The number of hydrogen-bond donors (Lipinski definition) is 1. The number of rotatable bonds is 6. The number of para-hydroxylation sites is 1. The van der Waals surface area contributed by atoms with E-state index in [0.29, 0.717) is 23.1 Å². The van der Waals surface area contributed by atoms with E-state index in [4.69, 9.17) is 16.3 Å². The molecule has 5 nitrogen and oxygen atoms in total. The maximum absolute atomic E-state index is 11.9. The van der Waals surface area contributed by atoms with E-state index in [1.807, 2.05) is 25.1 Å². The number of aryl methyl sites for hydroxylation is 1. The monoisotopic (exact) mass is 307 g/mol. The number of hydrogen-bond acceptors (Lipinski definition) is 4. The summed E-state index contributed by atoms with van der Waals surface area (Å²) in [5.41, 5.74) is -0.162. The van der Waals surface area contributed by atoms with E-state index in [0.717, 1.165) is 6.42 Å². The first-order valence-corrected chi connectivity index (χ1v) is 7.16. The van der Waals surface area contributed by atoms with Gasteiger partial charge in [-0.15, -0.1) is 0 Å². The van der Waals surface area contributed by atoms with Crippen molar-refractivity contribution in [2.75, 3.05) is 11.9 Å². The zero-order valence-electron chi connectivity index (χ0n) is 12.0. The molecule has 21 heavy (non-hydrogen) atoms. The first kappa shape index (κ1) is 15.4. The lowest BCUT2D eigenvalue weighted by Crippen LogP contribution is -2.29. The zero-order chi connectivity index (χ0) is 15.2. The van der Waals surface area contributed by atoms with Crippen molar-refractivity contribution in [2.45, 2.75) is 19.4 Å². The van der Waals surface area contributed by atoms with Crippen LogP contribution in [0, 0.1) is 0 Å². The van der Waals surface area contributed by atoms with Crippen molar-refractivity contribution in [1.82, 2.24) is 9.55 Å². The van der Waals surface area contributed by atoms with Gasteiger partial charge in [0.25, 0.3) is 5.56 Å². The van der Waals surface area contributed by atoms with Crippen LogP contribution in [0.15, 0.2) is 41.5 Å². The number of nitrogens with zero attached hydrogens (tertiary/aromatic N) is 2. The Balaban J connectivity index is 2.02. The van der Waals surface area contributed by atoms with Crippen LogP contribution in [0.1, 0.15) is 13.3 Å². The Labute approximate surface area is 128 Å². The fraction of sp³-hybridized carbons (Fsp3) is 0.333. The molecule has 0 aliphatic carbocycles. The maximum atomic E-state index is 11.9.